The smallest absolute Gasteiger partial charge is 0.227 e. The second-order valence-corrected chi connectivity index (χ2v) is 10.8. The van der Waals surface area contributed by atoms with Gasteiger partial charge in [0.05, 0.1) is 6.42 Å². The molecule has 0 radical (unpaired) electrons. The van der Waals surface area contributed by atoms with Crippen LogP contribution < -0.4 is 10.6 Å². The van der Waals surface area contributed by atoms with E-state index in [1.54, 1.807) is 18.6 Å². The monoisotopic (exact) mass is 522 g/mol. The van der Waals surface area contributed by atoms with Crippen molar-refractivity contribution in [3.8, 4) is 0 Å². The number of carbonyl (C=O) groups is 1. The molecule has 0 bridgehead atoms. The van der Waals surface area contributed by atoms with E-state index in [1.165, 1.54) is 0 Å². The number of fused-ring (bicyclic) bond motifs is 1. The number of rotatable bonds is 8. The first kappa shape index (κ1) is 25.6. The lowest BCUT2D eigenvalue weighted by Crippen LogP contribution is -2.35. The number of pyridine rings is 2. The highest BCUT2D eigenvalue weighted by atomic mass is 35.5. The van der Waals surface area contributed by atoms with Crippen LogP contribution in [0.3, 0.4) is 0 Å². The van der Waals surface area contributed by atoms with E-state index in [1.807, 2.05) is 23.1 Å². The summed E-state index contributed by atoms with van der Waals surface area (Å²) in [5.41, 5.74) is 1.59. The zero-order valence-corrected chi connectivity index (χ0v) is 22.3. The van der Waals surface area contributed by atoms with Crippen molar-refractivity contribution in [1.82, 2.24) is 29.7 Å². The van der Waals surface area contributed by atoms with E-state index in [-0.39, 0.29) is 5.91 Å². The fraction of sp³-hybridized carbons (Fsp3) is 0.519. The first-order valence-electron chi connectivity index (χ1n) is 13.1. The average molecular weight is 523 g/mol. The third kappa shape index (κ3) is 6.45. The summed E-state index contributed by atoms with van der Waals surface area (Å²) >= 11 is 6.21. The van der Waals surface area contributed by atoms with Gasteiger partial charge in [-0.3, -0.25) is 4.79 Å². The normalized spacial score (nSPS) is 21.9. The van der Waals surface area contributed by atoms with Gasteiger partial charge in [-0.15, -0.1) is 0 Å². The number of halogens is 1. The zero-order chi connectivity index (χ0) is 25.8. The molecule has 2 N–H and O–H groups in total. The van der Waals surface area contributed by atoms with E-state index in [9.17, 15) is 4.79 Å². The molecule has 5 rings (SSSR count). The minimum Gasteiger partial charge on any atom is -0.367 e. The minimum absolute atomic E-state index is 0.151. The molecule has 2 aliphatic rings. The molecule has 1 aliphatic carbocycles. The van der Waals surface area contributed by atoms with Crippen LogP contribution in [0.2, 0.25) is 5.15 Å². The number of amides is 1. The lowest BCUT2D eigenvalue weighted by atomic mass is 9.86. The van der Waals surface area contributed by atoms with Gasteiger partial charge in [0, 0.05) is 55.7 Å². The number of likely N-dealkylation sites (N-methyl/N-ethyl adjacent to an activating group) is 1. The van der Waals surface area contributed by atoms with Crippen LogP contribution in [-0.4, -0.2) is 81.5 Å². The average Bonchev–Trinajstić information content (AvgIpc) is 3.41. The lowest BCUT2D eigenvalue weighted by molar-refractivity contribution is -0.129. The Bertz CT molecular complexity index is 1210. The molecule has 4 heterocycles. The van der Waals surface area contributed by atoms with Crippen LogP contribution >= 0.6 is 11.6 Å². The second-order valence-electron chi connectivity index (χ2n) is 10.5. The molecule has 2 fully saturated rings. The maximum absolute atomic E-state index is 12.6. The topological polar surface area (TPSA) is 99.2 Å². The van der Waals surface area contributed by atoms with Crippen molar-refractivity contribution in [2.45, 2.75) is 50.6 Å². The summed E-state index contributed by atoms with van der Waals surface area (Å²) in [7, 11) is 4.14. The molecule has 3 aromatic heterocycles. The van der Waals surface area contributed by atoms with Gasteiger partial charge in [-0.05, 0) is 75.9 Å². The van der Waals surface area contributed by atoms with Gasteiger partial charge in [0.25, 0.3) is 0 Å². The third-order valence-corrected chi connectivity index (χ3v) is 7.90. The van der Waals surface area contributed by atoms with Crippen molar-refractivity contribution >= 4 is 40.2 Å². The summed E-state index contributed by atoms with van der Waals surface area (Å²) in [5.74, 6) is 2.19. The van der Waals surface area contributed by atoms with Crippen molar-refractivity contribution in [1.29, 1.82) is 0 Å². The van der Waals surface area contributed by atoms with Gasteiger partial charge >= 0.3 is 0 Å². The molecular weight excluding hydrogens is 488 g/mol. The standard InChI is InChI=1S/C27H35ClN8O/c1-35(2)22-10-12-36(17-22)24(37)13-19-15-31-27(32-16-19)30-14-18-3-6-21(7-4-18)33-23-8-5-20-9-11-29-26(28)25(20)34-23/h5,8-9,11,15-16,18,21-22H,3-4,6-7,10,12-14,17H2,1-2H3,(H,33,34)(H,30,31,32). The van der Waals surface area contributed by atoms with Gasteiger partial charge < -0.3 is 20.4 Å². The number of nitrogens with zero attached hydrogens (tertiary/aromatic N) is 6. The van der Waals surface area contributed by atoms with Crippen LogP contribution in [0.15, 0.2) is 36.8 Å². The van der Waals surface area contributed by atoms with Gasteiger partial charge in [-0.1, -0.05) is 11.6 Å². The molecule has 1 amide bonds. The maximum atomic E-state index is 12.6. The van der Waals surface area contributed by atoms with Crippen molar-refractivity contribution < 1.29 is 4.79 Å². The van der Waals surface area contributed by atoms with E-state index in [4.69, 9.17) is 11.6 Å². The Hall–Kier alpha value is -3.04. The Morgan fingerprint density at radius 2 is 1.86 bits per heavy atom. The predicted molar refractivity (Wildman–Crippen MR) is 147 cm³/mol. The van der Waals surface area contributed by atoms with Crippen molar-refractivity contribution in [2.24, 2.45) is 5.92 Å². The number of nitrogens with one attached hydrogen (secondary N) is 2. The molecular formula is C27H35ClN8O. The number of anilines is 2. The van der Waals surface area contributed by atoms with Crippen LogP contribution in [0.4, 0.5) is 11.8 Å². The quantitative estimate of drug-likeness (QED) is 0.430. The van der Waals surface area contributed by atoms with Gasteiger partial charge in [0.2, 0.25) is 11.9 Å². The number of carbonyl (C=O) groups excluding carboxylic acids is 1. The number of aromatic nitrogens is 4. The fourth-order valence-electron chi connectivity index (χ4n) is 5.26. The molecule has 37 heavy (non-hydrogen) atoms. The highest BCUT2D eigenvalue weighted by Crippen LogP contribution is 2.28. The molecule has 0 aromatic carbocycles. The van der Waals surface area contributed by atoms with E-state index in [0.717, 1.165) is 74.0 Å². The molecule has 1 unspecified atom stereocenters. The SMILES string of the molecule is CN(C)C1CCN(C(=O)Cc2cnc(NCC3CCC(Nc4ccc5ccnc(Cl)c5n4)CC3)nc2)C1. The van der Waals surface area contributed by atoms with Crippen molar-refractivity contribution in [3.05, 3.63) is 47.5 Å². The molecule has 1 aliphatic heterocycles. The molecule has 1 atom stereocenters. The summed E-state index contributed by atoms with van der Waals surface area (Å²) in [4.78, 5) is 34.5. The molecule has 1 saturated carbocycles. The van der Waals surface area contributed by atoms with Crippen LogP contribution in [0, 0.1) is 5.92 Å². The zero-order valence-electron chi connectivity index (χ0n) is 21.5. The van der Waals surface area contributed by atoms with Gasteiger partial charge in [0.1, 0.15) is 11.3 Å². The number of hydrogen-bond acceptors (Lipinski definition) is 8. The molecule has 9 nitrogen and oxygen atoms in total. The Morgan fingerprint density at radius 1 is 1.08 bits per heavy atom. The second kappa shape index (κ2) is 11.6. The molecule has 0 spiro atoms. The molecule has 3 aromatic rings. The lowest BCUT2D eigenvalue weighted by Gasteiger charge is -2.29. The summed E-state index contributed by atoms with van der Waals surface area (Å²) in [5, 5.41) is 8.38. The Kier molecular flexibility index (Phi) is 8.00. The molecule has 1 saturated heterocycles. The summed E-state index contributed by atoms with van der Waals surface area (Å²) in [6.07, 6.45) is 11.0. The largest absolute Gasteiger partial charge is 0.367 e. The molecule has 10 heteroatoms. The van der Waals surface area contributed by atoms with Crippen LogP contribution in [0.1, 0.15) is 37.7 Å². The Balaban J connectivity index is 1.04. The first-order valence-corrected chi connectivity index (χ1v) is 13.5. The van der Waals surface area contributed by atoms with Gasteiger partial charge in [0.15, 0.2) is 5.15 Å². The highest BCUT2D eigenvalue weighted by molar-refractivity contribution is 6.33. The van der Waals surface area contributed by atoms with Crippen LogP contribution in [0.25, 0.3) is 10.9 Å². The number of hydrogen-bond donors (Lipinski definition) is 2. The summed E-state index contributed by atoms with van der Waals surface area (Å²) < 4.78 is 0. The first-order chi connectivity index (χ1) is 17.9. The van der Waals surface area contributed by atoms with E-state index in [2.05, 4.69) is 49.6 Å². The third-order valence-electron chi connectivity index (χ3n) is 7.62. The fourth-order valence-corrected chi connectivity index (χ4v) is 5.47. The van der Waals surface area contributed by atoms with Gasteiger partial charge in [-0.25, -0.2) is 19.9 Å². The maximum Gasteiger partial charge on any atom is 0.227 e. The van der Waals surface area contributed by atoms with E-state index < -0.39 is 0 Å². The minimum atomic E-state index is 0.151. The Labute approximate surface area is 223 Å². The van der Waals surface area contributed by atoms with E-state index >= 15 is 0 Å². The van der Waals surface area contributed by atoms with Crippen LogP contribution in [0.5, 0.6) is 0 Å². The summed E-state index contributed by atoms with van der Waals surface area (Å²) in [6, 6.07) is 6.80. The van der Waals surface area contributed by atoms with Crippen molar-refractivity contribution in [3.63, 3.8) is 0 Å². The Morgan fingerprint density at radius 3 is 2.59 bits per heavy atom. The highest BCUT2D eigenvalue weighted by Gasteiger charge is 2.27. The van der Waals surface area contributed by atoms with E-state index in [0.29, 0.717) is 35.5 Å². The number of likely N-dealkylation sites (tertiary alicyclic amines) is 1. The van der Waals surface area contributed by atoms with Crippen LogP contribution in [-0.2, 0) is 11.2 Å². The summed E-state index contributed by atoms with van der Waals surface area (Å²) in [6.45, 7) is 2.47. The predicted octanol–water partition coefficient (Wildman–Crippen LogP) is 3.86. The van der Waals surface area contributed by atoms with Crippen molar-refractivity contribution in [2.75, 3.05) is 44.4 Å². The van der Waals surface area contributed by atoms with Gasteiger partial charge in [-0.2, -0.15) is 0 Å². The molecule has 196 valence electrons.